The average molecular weight is 894 g/mol. The van der Waals surface area contributed by atoms with Gasteiger partial charge >= 0.3 is 0 Å². The van der Waals surface area contributed by atoms with E-state index in [0.717, 1.165) is 55.7 Å². The van der Waals surface area contributed by atoms with Gasteiger partial charge in [0, 0.05) is 56.7 Å². The van der Waals surface area contributed by atoms with Crippen molar-refractivity contribution in [1.82, 2.24) is 14.1 Å². The molecule has 0 unspecified atom stereocenters. The van der Waals surface area contributed by atoms with Crippen LogP contribution < -0.4 is 9.30 Å². The van der Waals surface area contributed by atoms with E-state index in [1.54, 1.807) is 0 Å². The molecule has 0 aliphatic rings. The standard InChI is InChI=1S/C49H38N4O.Pt/c1-34-27-37(35-13-7-5-8-14-35)19-22-45(34)52-26-25-51(33-52)40-28-38(36-15-9-6-10-16-36)29-42(31-40)54-41-20-21-44-43-17-11-12-18-46(43)53(47(44)32-41)48-30-39(23-24-50-48)49(2,3)4;/h5-30H,1-4H3;/q-2;. The van der Waals surface area contributed by atoms with Crippen LogP contribution >= 0.6 is 0 Å². The zero-order valence-electron chi connectivity index (χ0n) is 31.0. The van der Waals surface area contributed by atoms with Crippen molar-refractivity contribution in [2.24, 2.45) is 0 Å². The van der Waals surface area contributed by atoms with Gasteiger partial charge in [-0.3, -0.25) is 4.57 Å². The van der Waals surface area contributed by atoms with Crippen molar-refractivity contribution in [3.8, 4) is 50.9 Å². The average Bonchev–Trinajstić information content (AvgIpc) is 3.82. The number of aryl methyl sites for hydroxylation is 1. The molecule has 9 aromatic rings. The van der Waals surface area contributed by atoms with Gasteiger partial charge in [-0.1, -0.05) is 117 Å². The maximum Gasteiger partial charge on any atom is 0.267 e. The molecule has 6 aromatic carbocycles. The van der Waals surface area contributed by atoms with Crippen LogP contribution in [-0.4, -0.2) is 14.1 Å². The number of imidazole rings is 1. The van der Waals surface area contributed by atoms with Gasteiger partial charge in [0.15, 0.2) is 0 Å². The number of ether oxygens (including phenoxy) is 1. The van der Waals surface area contributed by atoms with Crippen LogP contribution in [0.5, 0.6) is 11.5 Å². The van der Waals surface area contributed by atoms with Crippen molar-refractivity contribution in [3.63, 3.8) is 0 Å². The Morgan fingerprint density at radius 3 is 2.13 bits per heavy atom. The van der Waals surface area contributed by atoms with Gasteiger partial charge in [-0.15, -0.1) is 35.2 Å². The number of pyridine rings is 1. The van der Waals surface area contributed by atoms with E-state index in [-0.39, 0.29) is 26.5 Å². The number of hydrogen-bond donors (Lipinski definition) is 0. The largest absolute Gasteiger partial charge is 0.510 e. The van der Waals surface area contributed by atoms with Crippen molar-refractivity contribution in [3.05, 3.63) is 188 Å². The minimum absolute atomic E-state index is 0. The molecule has 0 fully saturated rings. The number of para-hydroxylation sites is 1. The van der Waals surface area contributed by atoms with Crippen molar-refractivity contribution in [2.75, 3.05) is 0 Å². The summed E-state index contributed by atoms with van der Waals surface area (Å²) in [6.07, 6.45) is 9.45. The van der Waals surface area contributed by atoms with Crippen LogP contribution in [0.2, 0.25) is 0 Å². The second kappa shape index (κ2) is 14.7. The number of rotatable bonds is 7. The zero-order chi connectivity index (χ0) is 36.8. The molecule has 0 bridgehead atoms. The van der Waals surface area contributed by atoms with Crippen molar-refractivity contribution in [1.29, 1.82) is 0 Å². The summed E-state index contributed by atoms with van der Waals surface area (Å²) in [6, 6.07) is 55.4. The fourth-order valence-electron chi connectivity index (χ4n) is 7.13. The van der Waals surface area contributed by atoms with E-state index in [1.165, 1.54) is 16.7 Å². The maximum absolute atomic E-state index is 6.66. The summed E-state index contributed by atoms with van der Waals surface area (Å²) >= 11 is 0. The minimum atomic E-state index is -0.0199. The SMILES string of the molecule is Cc1cc(-c2ccccc2)ccc1-[n+]1[c-]n(-c2[c-]c(Oc3[c-]c4c(cc3)c3ccccc3n4-c3cc(C(C)(C)C)ccn3)cc(-c3ccccc3)c2)cc1.[Pt]. The third-order valence-corrected chi connectivity index (χ3v) is 9.96. The maximum atomic E-state index is 6.66. The summed E-state index contributed by atoms with van der Waals surface area (Å²) in [5, 5.41) is 2.22. The molecule has 0 radical (unpaired) electrons. The molecular weight excluding hydrogens is 856 g/mol. The predicted octanol–water partition coefficient (Wildman–Crippen LogP) is 11.4. The molecule has 6 heteroatoms. The molecule has 0 saturated heterocycles. The van der Waals surface area contributed by atoms with Gasteiger partial charge in [0.2, 0.25) is 0 Å². The van der Waals surface area contributed by atoms with Gasteiger partial charge in [-0.2, -0.15) is 12.1 Å². The Labute approximate surface area is 336 Å². The Morgan fingerprint density at radius 2 is 1.38 bits per heavy atom. The number of hydrogen-bond acceptors (Lipinski definition) is 2. The molecule has 3 heterocycles. The second-order valence-corrected chi connectivity index (χ2v) is 14.7. The van der Waals surface area contributed by atoms with Crippen LogP contribution in [0.4, 0.5) is 0 Å². The van der Waals surface area contributed by atoms with Crippen molar-refractivity contribution < 1.29 is 30.4 Å². The van der Waals surface area contributed by atoms with E-state index >= 15 is 0 Å². The van der Waals surface area contributed by atoms with Crippen LogP contribution in [0.15, 0.2) is 158 Å². The predicted molar refractivity (Wildman–Crippen MR) is 217 cm³/mol. The summed E-state index contributed by atoms with van der Waals surface area (Å²) in [5.41, 5.74) is 10.7. The molecular formula is C49H38N4OPt-2. The molecule has 0 amide bonds. The van der Waals surface area contributed by atoms with Crippen LogP contribution in [-0.2, 0) is 26.5 Å². The normalized spacial score (nSPS) is 11.5. The monoisotopic (exact) mass is 893 g/mol. The molecule has 0 spiro atoms. The fourth-order valence-corrected chi connectivity index (χ4v) is 7.13. The molecule has 272 valence electrons. The van der Waals surface area contributed by atoms with E-state index in [4.69, 9.17) is 9.72 Å². The van der Waals surface area contributed by atoms with Crippen LogP contribution in [0.25, 0.3) is 61.3 Å². The molecule has 0 atom stereocenters. The third kappa shape index (κ3) is 7.04. The number of nitrogens with zero attached hydrogens (tertiary/aromatic N) is 4. The molecule has 0 aliphatic carbocycles. The van der Waals surface area contributed by atoms with Crippen molar-refractivity contribution >= 4 is 21.8 Å². The van der Waals surface area contributed by atoms with Gasteiger partial charge in [-0.05, 0) is 75.5 Å². The molecule has 0 aliphatic heterocycles. The molecule has 55 heavy (non-hydrogen) atoms. The minimum Gasteiger partial charge on any atom is -0.510 e. The Bertz CT molecular complexity index is 2800. The van der Waals surface area contributed by atoms with Gasteiger partial charge in [-0.25, -0.2) is 4.98 Å². The first-order valence-corrected chi connectivity index (χ1v) is 18.2. The first kappa shape index (κ1) is 36.0. The smallest absolute Gasteiger partial charge is 0.267 e. The Hall–Kier alpha value is -6.03. The number of benzene rings is 6. The summed E-state index contributed by atoms with van der Waals surface area (Å²) in [5.74, 6) is 2.02. The molecule has 3 aromatic heterocycles. The topological polar surface area (TPSA) is 35.9 Å². The Kier molecular flexibility index (Phi) is 9.59. The van der Waals surface area contributed by atoms with E-state index in [2.05, 4.69) is 154 Å². The van der Waals surface area contributed by atoms with Gasteiger partial charge in [0.1, 0.15) is 5.82 Å². The summed E-state index contributed by atoms with van der Waals surface area (Å²) < 4.78 is 12.8. The van der Waals surface area contributed by atoms with Crippen LogP contribution in [0.1, 0.15) is 31.9 Å². The first-order valence-electron chi connectivity index (χ1n) is 18.2. The third-order valence-electron chi connectivity index (χ3n) is 9.96. The zero-order valence-corrected chi connectivity index (χ0v) is 33.3. The van der Waals surface area contributed by atoms with E-state index in [9.17, 15) is 0 Å². The number of fused-ring (bicyclic) bond motifs is 3. The van der Waals surface area contributed by atoms with E-state index in [1.807, 2.05) is 64.1 Å². The first-order chi connectivity index (χ1) is 26.3. The van der Waals surface area contributed by atoms with Crippen molar-refractivity contribution in [2.45, 2.75) is 33.1 Å². The molecule has 5 nitrogen and oxygen atoms in total. The molecule has 0 saturated carbocycles. The Balaban J connectivity index is 0.00000427. The fraction of sp³-hybridized carbons (Fsp3) is 0.102. The molecule has 0 N–H and O–H groups in total. The summed E-state index contributed by atoms with van der Waals surface area (Å²) in [4.78, 5) is 4.83. The van der Waals surface area contributed by atoms with Gasteiger partial charge in [0.05, 0.1) is 5.69 Å². The summed E-state index contributed by atoms with van der Waals surface area (Å²) in [6.45, 7) is 8.80. The summed E-state index contributed by atoms with van der Waals surface area (Å²) in [7, 11) is 0. The van der Waals surface area contributed by atoms with Crippen LogP contribution in [0, 0.1) is 25.4 Å². The van der Waals surface area contributed by atoms with Gasteiger partial charge < -0.3 is 13.9 Å². The van der Waals surface area contributed by atoms with E-state index in [0.29, 0.717) is 11.5 Å². The van der Waals surface area contributed by atoms with Crippen LogP contribution in [0.3, 0.4) is 0 Å². The quantitative estimate of drug-likeness (QED) is 0.118. The Morgan fingerprint density at radius 1 is 0.655 bits per heavy atom. The molecule has 9 rings (SSSR count). The van der Waals surface area contributed by atoms with E-state index < -0.39 is 0 Å². The van der Waals surface area contributed by atoms with Gasteiger partial charge in [0.25, 0.3) is 6.33 Å². The second-order valence-electron chi connectivity index (χ2n) is 14.7. The number of aromatic nitrogens is 4.